The summed E-state index contributed by atoms with van der Waals surface area (Å²) in [4.78, 5) is 6.77. The van der Waals surface area contributed by atoms with Crippen molar-refractivity contribution in [3.63, 3.8) is 0 Å². The Morgan fingerprint density at radius 3 is 2.50 bits per heavy atom. The highest BCUT2D eigenvalue weighted by molar-refractivity contribution is 5.80. The Balaban J connectivity index is 1.78. The van der Waals surface area contributed by atoms with Crippen LogP contribution in [0.4, 0.5) is 0 Å². The predicted octanol–water partition coefficient (Wildman–Crippen LogP) is 2.43. The zero-order chi connectivity index (χ0) is 18.6. The van der Waals surface area contributed by atoms with E-state index in [-0.39, 0.29) is 0 Å². The third-order valence-electron chi connectivity index (χ3n) is 4.65. The number of guanidine groups is 1. The monoisotopic (exact) mass is 363 g/mol. The highest BCUT2D eigenvalue weighted by Crippen LogP contribution is 2.15. The average molecular weight is 364 g/mol. The van der Waals surface area contributed by atoms with Crippen LogP contribution >= 0.6 is 0 Å². The van der Waals surface area contributed by atoms with E-state index in [1.807, 2.05) is 13.1 Å². The number of likely N-dealkylation sites (tertiary alicyclic amines) is 1. The van der Waals surface area contributed by atoms with E-state index >= 15 is 0 Å². The van der Waals surface area contributed by atoms with Crippen LogP contribution in [0, 0.1) is 0 Å². The molecule has 1 aliphatic heterocycles. The van der Waals surface area contributed by atoms with Crippen molar-refractivity contribution in [3.05, 3.63) is 35.4 Å². The third kappa shape index (κ3) is 6.59. The van der Waals surface area contributed by atoms with Gasteiger partial charge in [0.15, 0.2) is 5.96 Å². The largest absolute Gasteiger partial charge is 0.385 e. The van der Waals surface area contributed by atoms with E-state index in [0.29, 0.717) is 12.7 Å². The molecule has 0 bridgehead atoms. The summed E-state index contributed by atoms with van der Waals surface area (Å²) >= 11 is 0. The number of nitrogens with zero attached hydrogens (tertiary/aromatic N) is 2. The molecule has 1 aromatic rings. The van der Waals surface area contributed by atoms with Crippen molar-refractivity contribution < 1.29 is 14.2 Å². The molecule has 1 aliphatic rings. The van der Waals surface area contributed by atoms with Crippen molar-refractivity contribution in [2.45, 2.75) is 38.5 Å². The molecular weight excluding hydrogens is 330 g/mol. The SMILES string of the molecule is CN=C(NCc1ccccc1COC)N1CCC(OCCCOC)CC1. The topological polar surface area (TPSA) is 55.3 Å². The maximum atomic E-state index is 5.94. The second kappa shape index (κ2) is 11.9. The van der Waals surface area contributed by atoms with Gasteiger partial charge in [-0.1, -0.05) is 24.3 Å². The van der Waals surface area contributed by atoms with Crippen LogP contribution in [0.25, 0.3) is 0 Å². The van der Waals surface area contributed by atoms with Crippen molar-refractivity contribution >= 4 is 5.96 Å². The maximum Gasteiger partial charge on any atom is 0.193 e. The van der Waals surface area contributed by atoms with Crippen molar-refractivity contribution in [2.75, 3.05) is 47.6 Å². The third-order valence-corrected chi connectivity index (χ3v) is 4.65. The summed E-state index contributed by atoms with van der Waals surface area (Å²) in [6.07, 6.45) is 3.38. The molecule has 0 amide bonds. The summed E-state index contributed by atoms with van der Waals surface area (Å²) in [5.74, 6) is 0.954. The van der Waals surface area contributed by atoms with Crippen molar-refractivity contribution in [3.8, 4) is 0 Å². The Morgan fingerprint density at radius 2 is 1.85 bits per heavy atom. The first-order chi connectivity index (χ1) is 12.8. The molecule has 0 radical (unpaired) electrons. The fraction of sp³-hybridized carbons (Fsp3) is 0.650. The minimum Gasteiger partial charge on any atom is -0.385 e. The Labute approximate surface area is 157 Å². The van der Waals surface area contributed by atoms with E-state index in [9.17, 15) is 0 Å². The molecule has 0 spiro atoms. The number of hydrogen-bond acceptors (Lipinski definition) is 4. The van der Waals surface area contributed by atoms with Gasteiger partial charge in [0.1, 0.15) is 0 Å². The summed E-state index contributed by atoms with van der Waals surface area (Å²) in [7, 11) is 5.30. The highest BCUT2D eigenvalue weighted by Gasteiger charge is 2.21. The van der Waals surface area contributed by atoms with Crippen LogP contribution in [0.3, 0.4) is 0 Å². The van der Waals surface area contributed by atoms with Crippen LogP contribution < -0.4 is 5.32 Å². The molecule has 1 saturated heterocycles. The van der Waals surface area contributed by atoms with Crippen LogP contribution in [0.2, 0.25) is 0 Å². The molecule has 26 heavy (non-hydrogen) atoms. The number of rotatable bonds is 9. The fourth-order valence-corrected chi connectivity index (χ4v) is 3.22. The van der Waals surface area contributed by atoms with Crippen LogP contribution in [0.15, 0.2) is 29.3 Å². The van der Waals surface area contributed by atoms with E-state index in [1.54, 1.807) is 14.2 Å². The number of hydrogen-bond donors (Lipinski definition) is 1. The molecule has 0 aromatic heterocycles. The van der Waals surface area contributed by atoms with Crippen molar-refractivity contribution in [1.82, 2.24) is 10.2 Å². The standard InChI is InChI=1S/C20H33N3O3/c1-21-20(22-15-17-7-4-5-8-18(17)16-25-3)23-11-9-19(10-12-23)26-14-6-13-24-2/h4-5,7-8,19H,6,9-16H2,1-3H3,(H,21,22). The van der Waals surface area contributed by atoms with E-state index in [4.69, 9.17) is 14.2 Å². The van der Waals surface area contributed by atoms with Crippen LogP contribution in [-0.4, -0.2) is 64.5 Å². The molecule has 1 fully saturated rings. The van der Waals surface area contributed by atoms with Gasteiger partial charge in [0.05, 0.1) is 12.7 Å². The molecule has 1 N–H and O–H groups in total. The smallest absolute Gasteiger partial charge is 0.193 e. The lowest BCUT2D eigenvalue weighted by Crippen LogP contribution is -2.46. The molecule has 146 valence electrons. The number of ether oxygens (including phenoxy) is 3. The second-order valence-corrected chi connectivity index (χ2v) is 6.51. The zero-order valence-electron chi connectivity index (χ0n) is 16.4. The van der Waals surface area contributed by atoms with E-state index in [0.717, 1.165) is 58.1 Å². The van der Waals surface area contributed by atoms with Gasteiger partial charge < -0.3 is 24.4 Å². The van der Waals surface area contributed by atoms with Crippen LogP contribution in [0.5, 0.6) is 0 Å². The van der Waals surface area contributed by atoms with Gasteiger partial charge in [0, 0.05) is 54.1 Å². The first kappa shape index (κ1) is 20.7. The number of methoxy groups -OCH3 is 2. The molecular formula is C20H33N3O3. The Hall–Kier alpha value is -1.63. The number of aliphatic imine (C=N–C) groups is 1. The summed E-state index contributed by atoms with van der Waals surface area (Å²) in [5, 5.41) is 3.49. The first-order valence-electron chi connectivity index (χ1n) is 9.40. The Bertz CT molecular complexity index is 543. The van der Waals surface area contributed by atoms with Gasteiger partial charge >= 0.3 is 0 Å². The van der Waals surface area contributed by atoms with Gasteiger partial charge in [0.2, 0.25) is 0 Å². The summed E-state index contributed by atoms with van der Waals surface area (Å²) in [6.45, 7) is 4.85. The quantitative estimate of drug-likeness (QED) is 0.415. The Kier molecular flexibility index (Phi) is 9.45. The lowest BCUT2D eigenvalue weighted by Gasteiger charge is -2.34. The van der Waals surface area contributed by atoms with Crippen molar-refractivity contribution in [2.24, 2.45) is 4.99 Å². The predicted molar refractivity (Wildman–Crippen MR) is 104 cm³/mol. The molecule has 0 unspecified atom stereocenters. The minimum absolute atomic E-state index is 0.351. The van der Waals surface area contributed by atoms with E-state index in [1.165, 1.54) is 11.1 Å². The average Bonchev–Trinajstić information content (AvgIpc) is 2.68. The van der Waals surface area contributed by atoms with Gasteiger partial charge in [-0.2, -0.15) is 0 Å². The molecule has 6 nitrogen and oxygen atoms in total. The second-order valence-electron chi connectivity index (χ2n) is 6.51. The van der Waals surface area contributed by atoms with Crippen LogP contribution in [0.1, 0.15) is 30.4 Å². The minimum atomic E-state index is 0.351. The Morgan fingerprint density at radius 1 is 1.12 bits per heavy atom. The zero-order valence-corrected chi connectivity index (χ0v) is 16.4. The van der Waals surface area contributed by atoms with Crippen molar-refractivity contribution in [1.29, 1.82) is 0 Å². The molecule has 1 aromatic carbocycles. The fourth-order valence-electron chi connectivity index (χ4n) is 3.22. The lowest BCUT2D eigenvalue weighted by molar-refractivity contribution is 0.00989. The normalized spacial score (nSPS) is 16.1. The summed E-state index contributed by atoms with van der Waals surface area (Å²) in [5.41, 5.74) is 2.45. The first-order valence-corrected chi connectivity index (χ1v) is 9.40. The molecule has 1 heterocycles. The summed E-state index contributed by atoms with van der Waals surface area (Å²) < 4.78 is 16.3. The molecule has 0 atom stereocenters. The van der Waals surface area contributed by atoms with Gasteiger partial charge in [0.25, 0.3) is 0 Å². The summed E-state index contributed by atoms with van der Waals surface area (Å²) in [6, 6.07) is 8.35. The molecule has 0 saturated carbocycles. The van der Waals surface area contributed by atoms with Gasteiger partial charge in [-0.3, -0.25) is 4.99 Å². The molecule has 2 rings (SSSR count). The molecule has 6 heteroatoms. The van der Waals surface area contributed by atoms with E-state index in [2.05, 4.69) is 33.4 Å². The van der Waals surface area contributed by atoms with Gasteiger partial charge in [-0.05, 0) is 30.4 Å². The van der Waals surface area contributed by atoms with E-state index < -0.39 is 0 Å². The van der Waals surface area contributed by atoms with Crippen LogP contribution in [-0.2, 0) is 27.4 Å². The van der Waals surface area contributed by atoms with Gasteiger partial charge in [-0.15, -0.1) is 0 Å². The molecule has 0 aliphatic carbocycles. The highest BCUT2D eigenvalue weighted by atomic mass is 16.5. The number of piperidine rings is 1. The van der Waals surface area contributed by atoms with Gasteiger partial charge in [-0.25, -0.2) is 0 Å². The maximum absolute atomic E-state index is 5.94. The lowest BCUT2D eigenvalue weighted by atomic mass is 10.1. The number of benzene rings is 1. The number of nitrogens with one attached hydrogen (secondary N) is 1.